The van der Waals surface area contributed by atoms with Crippen molar-refractivity contribution in [2.24, 2.45) is 0 Å². The lowest BCUT2D eigenvalue weighted by molar-refractivity contribution is 0.879. The first-order valence-electron chi connectivity index (χ1n) is 6.13. The van der Waals surface area contributed by atoms with Crippen LogP contribution < -0.4 is 0 Å². The first-order valence-corrected chi connectivity index (χ1v) is 6.51. The van der Waals surface area contributed by atoms with Gasteiger partial charge in [0.15, 0.2) is 5.65 Å². The van der Waals surface area contributed by atoms with Crippen molar-refractivity contribution < 1.29 is 0 Å². The highest BCUT2D eigenvalue weighted by Crippen LogP contribution is 2.23. The van der Waals surface area contributed by atoms with Crippen LogP contribution >= 0.6 is 11.6 Å². The molecule has 0 saturated heterocycles. The summed E-state index contributed by atoms with van der Waals surface area (Å²) >= 11 is 5.90. The average Bonchev–Trinajstić information content (AvgIpc) is 2.75. The van der Waals surface area contributed by atoms with Gasteiger partial charge in [0.2, 0.25) is 0 Å². The molecular weight excluding hydrogens is 272 g/mol. The fourth-order valence-corrected chi connectivity index (χ4v) is 2.30. The predicted octanol–water partition coefficient (Wildman–Crippen LogP) is 3.54. The number of nitriles is 1. The molecule has 3 rings (SSSR count). The van der Waals surface area contributed by atoms with E-state index < -0.39 is 0 Å². The number of aromatic nitrogens is 3. The third kappa shape index (κ3) is 1.93. The molecular formula is C15H11ClN4. The number of hydrogen-bond acceptors (Lipinski definition) is 3. The Kier molecular flexibility index (Phi) is 2.92. The molecule has 0 fully saturated rings. The molecule has 98 valence electrons. The highest BCUT2D eigenvalue weighted by Gasteiger charge is 2.13. The lowest BCUT2D eigenvalue weighted by atomic mass is 10.1. The van der Waals surface area contributed by atoms with Gasteiger partial charge in [-0.3, -0.25) is 0 Å². The van der Waals surface area contributed by atoms with Crippen LogP contribution in [0.4, 0.5) is 0 Å². The maximum Gasteiger partial charge on any atom is 0.174 e. The minimum Gasteiger partial charge on any atom is -0.227 e. The van der Waals surface area contributed by atoms with Crippen molar-refractivity contribution in [3.63, 3.8) is 0 Å². The summed E-state index contributed by atoms with van der Waals surface area (Å²) in [5, 5.41) is 14.3. The molecule has 2 aromatic heterocycles. The molecule has 0 aliphatic carbocycles. The average molecular weight is 283 g/mol. The lowest BCUT2D eigenvalue weighted by Gasteiger charge is -2.05. The van der Waals surface area contributed by atoms with E-state index in [-0.39, 0.29) is 0 Å². The summed E-state index contributed by atoms with van der Waals surface area (Å²) in [5.41, 5.74) is 4.51. The number of fused-ring (bicyclic) bond motifs is 1. The summed E-state index contributed by atoms with van der Waals surface area (Å²) in [6, 6.07) is 11.6. The molecule has 0 radical (unpaired) electrons. The van der Waals surface area contributed by atoms with Gasteiger partial charge in [-0.2, -0.15) is 10.4 Å². The minimum atomic E-state index is 0.518. The van der Waals surface area contributed by atoms with Gasteiger partial charge in [-0.15, -0.1) is 0 Å². The van der Waals surface area contributed by atoms with Crippen LogP contribution in [0.1, 0.15) is 17.0 Å². The first kappa shape index (κ1) is 12.6. The van der Waals surface area contributed by atoms with Crippen LogP contribution in [0.15, 0.2) is 30.3 Å². The van der Waals surface area contributed by atoms with E-state index in [4.69, 9.17) is 11.6 Å². The molecule has 5 heteroatoms. The lowest BCUT2D eigenvalue weighted by Crippen LogP contribution is -1.98. The van der Waals surface area contributed by atoms with Crippen molar-refractivity contribution in [2.45, 2.75) is 13.8 Å². The first-order chi connectivity index (χ1) is 9.60. The fourth-order valence-electron chi connectivity index (χ4n) is 2.17. The van der Waals surface area contributed by atoms with Crippen molar-refractivity contribution in [3.8, 4) is 17.3 Å². The van der Waals surface area contributed by atoms with E-state index >= 15 is 0 Å². The Hall–Kier alpha value is -2.38. The van der Waals surface area contributed by atoms with E-state index in [1.54, 1.807) is 4.52 Å². The van der Waals surface area contributed by atoms with Crippen LogP contribution in [0.2, 0.25) is 5.02 Å². The van der Waals surface area contributed by atoms with Gasteiger partial charge in [0.1, 0.15) is 11.6 Å². The summed E-state index contributed by atoms with van der Waals surface area (Å²) in [6.07, 6.45) is 0. The van der Waals surface area contributed by atoms with Crippen molar-refractivity contribution in [1.29, 1.82) is 5.26 Å². The standard InChI is InChI=1S/C15H11ClN4/c1-9-7-14(11-3-5-12(16)6-4-11)18-15-13(8-17)10(2)19-20(9)15/h3-7H,1-2H3. The maximum absolute atomic E-state index is 9.23. The summed E-state index contributed by atoms with van der Waals surface area (Å²) < 4.78 is 1.70. The second-order valence-corrected chi connectivity index (χ2v) is 5.03. The van der Waals surface area contributed by atoms with E-state index in [1.165, 1.54) is 0 Å². The molecule has 2 heterocycles. The van der Waals surface area contributed by atoms with E-state index in [2.05, 4.69) is 16.2 Å². The van der Waals surface area contributed by atoms with Crippen LogP contribution in [0.25, 0.3) is 16.9 Å². The quantitative estimate of drug-likeness (QED) is 0.686. The molecule has 0 atom stereocenters. The third-order valence-corrected chi connectivity index (χ3v) is 3.45. The number of hydrogen-bond donors (Lipinski definition) is 0. The molecule has 0 unspecified atom stereocenters. The van der Waals surface area contributed by atoms with E-state index in [0.29, 0.717) is 21.9 Å². The van der Waals surface area contributed by atoms with Crippen LogP contribution in [0.3, 0.4) is 0 Å². The Bertz CT molecular complexity index is 841. The Labute approximate surface area is 121 Å². The minimum absolute atomic E-state index is 0.518. The Morgan fingerprint density at radius 3 is 2.55 bits per heavy atom. The zero-order valence-corrected chi connectivity index (χ0v) is 11.8. The van der Waals surface area contributed by atoms with E-state index in [9.17, 15) is 5.26 Å². The Morgan fingerprint density at radius 2 is 1.90 bits per heavy atom. The zero-order valence-electron chi connectivity index (χ0n) is 11.1. The SMILES string of the molecule is Cc1nn2c(C)cc(-c3ccc(Cl)cc3)nc2c1C#N. The van der Waals surface area contributed by atoms with Gasteiger partial charge in [0.25, 0.3) is 0 Å². The number of benzene rings is 1. The normalized spacial score (nSPS) is 10.7. The smallest absolute Gasteiger partial charge is 0.174 e. The number of nitrogens with zero attached hydrogens (tertiary/aromatic N) is 4. The maximum atomic E-state index is 9.23. The van der Waals surface area contributed by atoms with Crippen LogP contribution in [-0.4, -0.2) is 14.6 Å². The third-order valence-electron chi connectivity index (χ3n) is 3.19. The van der Waals surface area contributed by atoms with Gasteiger partial charge in [0.05, 0.1) is 11.4 Å². The van der Waals surface area contributed by atoms with Gasteiger partial charge in [-0.1, -0.05) is 23.7 Å². The van der Waals surface area contributed by atoms with E-state index in [1.807, 2.05) is 44.2 Å². The van der Waals surface area contributed by atoms with Gasteiger partial charge < -0.3 is 0 Å². The van der Waals surface area contributed by atoms with E-state index in [0.717, 1.165) is 17.0 Å². The molecule has 3 aromatic rings. The Balaban J connectivity index is 2.28. The fraction of sp³-hybridized carbons (Fsp3) is 0.133. The van der Waals surface area contributed by atoms with Gasteiger partial charge >= 0.3 is 0 Å². The van der Waals surface area contributed by atoms with Gasteiger partial charge in [0, 0.05) is 16.3 Å². The largest absolute Gasteiger partial charge is 0.227 e. The van der Waals surface area contributed by atoms with Crippen molar-refractivity contribution >= 4 is 17.2 Å². The molecule has 0 aliphatic rings. The molecule has 0 saturated carbocycles. The summed E-state index contributed by atoms with van der Waals surface area (Å²) in [6.45, 7) is 3.76. The summed E-state index contributed by atoms with van der Waals surface area (Å²) in [7, 11) is 0. The van der Waals surface area contributed by atoms with Crippen LogP contribution in [-0.2, 0) is 0 Å². The molecule has 1 aromatic carbocycles. The van der Waals surface area contributed by atoms with Crippen molar-refractivity contribution in [3.05, 3.63) is 52.3 Å². The summed E-state index contributed by atoms with van der Waals surface area (Å²) in [5.74, 6) is 0. The summed E-state index contributed by atoms with van der Waals surface area (Å²) in [4.78, 5) is 4.56. The van der Waals surface area contributed by atoms with Gasteiger partial charge in [-0.25, -0.2) is 9.50 Å². The predicted molar refractivity (Wildman–Crippen MR) is 77.6 cm³/mol. The number of rotatable bonds is 1. The zero-order chi connectivity index (χ0) is 14.3. The van der Waals surface area contributed by atoms with Crippen LogP contribution in [0, 0.1) is 25.2 Å². The van der Waals surface area contributed by atoms with Crippen molar-refractivity contribution in [1.82, 2.24) is 14.6 Å². The monoisotopic (exact) mass is 282 g/mol. The number of halogens is 1. The molecule has 0 N–H and O–H groups in total. The molecule has 20 heavy (non-hydrogen) atoms. The Morgan fingerprint density at radius 1 is 1.20 bits per heavy atom. The highest BCUT2D eigenvalue weighted by atomic mass is 35.5. The second kappa shape index (κ2) is 4.62. The molecule has 0 amide bonds. The topological polar surface area (TPSA) is 54.0 Å². The van der Waals surface area contributed by atoms with Crippen LogP contribution in [0.5, 0.6) is 0 Å². The number of aryl methyl sites for hydroxylation is 2. The van der Waals surface area contributed by atoms with Crippen molar-refractivity contribution in [2.75, 3.05) is 0 Å². The molecule has 0 aliphatic heterocycles. The molecule has 0 spiro atoms. The highest BCUT2D eigenvalue weighted by molar-refractivity contribution is 6.30. The molecule has 0 bridgehead atoms. The second-order valence-electron chi connectivity index (χ2n) is 4.60. The molecule has 4 nitrogen and oxygen atoms in total. The van der Waals surface area contributed by atoms with Gasteiger partial charge in [-0.05, 0) is 32.0 Å².